The second kappa shape index (κ2) is 17.5. The summed E-state index contributed by atoms with van der Waals surface area (Å²) in [7, 11) is 0. The molecule has 9 heteroatoms. The molecule has 0 N–H and O–H groups in total. The van der Waals surface area contributed by atoms with Gasteiger partial charge in [-0.2, -0.15) is 0 Å². The third-order valence-electron chi connectivity index (χ3n) is 2.19. The van der Waals surface area contributed by atoms with Gasteiger partial charge in [-0.25, -0.2) is 0 Å². The van der Waals surface area contributed by atoms with Gasteiger partial charge >= 0.3 is 78.4 Å². The van der Waals surface area contributed by atoms with E-state index in [1.165, 1.54) is 13.8 Å². The van der Waals surface area contributed by atoms with E-state index >= 15 is 0 Å². The second-order valence-electron chi connectivity index (χ2n) is 9.35. The van der Waals surface area contributed by atoms with Crippen LogP contribution in [0, 0.1) is 0 Å². The summed E-state index contributed by atoms with van der Waals surface area (Å²) >= 11 is -0.574. The number of ether oxygens (including phenoxy) is 2. The first kappa shape index (κ1) is 34.5. The zero-order chi connectivity index (χ0) is 25.4. The van der Waals surface area contributed by atoms with Gasteiger partial charge in [0.15, 0.2) is 0 Å². The molecule has 31 heavy (non-hydrogen) atoms. The Balaban J connectivity index is -0.000000382. The predicted octanol–water partition coefficient (Wildman–Crippen LogP) is 4.36. The minimum atomic E-state index is -0.574. The maximum atomic E-state index is 10.8. The fourth-order valence-corrected chi connectivity index (χ4v) is 2.07. The van der Waals surface area contributed by atoms with Crippen LogP contribution in [0.2, 0.25) is 0 Å². The van der Waals surface area contributed by atoms with E-state index in [4.69, 9.17) is 16.1 Å². The van der Waals surface area contributed by atoms with E-state index in [1.54, 1.807) is 41.5 Å². The zero-order valence-corrected chi connectivity index (χ0v) is 22.9. The Hall–Kier alpha value is -1.09. The Morgan fingerprint density at radius 2 is 0.903 bits per heavy atom. The summed E-state index contributed by atoms with van der Waals surface area (Å²) in [6.07, 6.45) is 0.390. The molecule has 0 saturated heterocycles. The number of carbonyl (C=O) groups excluding carboxylic acids is 4. The fourth-order valence-electron chi connectivity index (χ4n) is 1.38. The van der Waals surface area contributed by atoms with Crippen LogP contribution in [0.25, 0.3) is 0 Å². The van der Waals surface area contributed by atoms with E-state index in [9.17, 15) is 19.2 Å². The standard InChI is InChI=1S/2C8H14O3.2C3H7O.Ti/c2*1-6(9)5-7(10)11-8(2,3)4;2*1-3(2)4;/h2*5H2,1-4H3;2*3H,1-2H3;/q;;2*-1;+2. The summed E-state index contributed by atoms with van der Waals surface area (Å²) in [4.78, 5) is 42.5. The third-order valence-corrected chi connectivity index (χ3v) is 3.97. The van der Waals surface area contributed by atoms with Crippen LogP contribution in [0.4, 0.5) is 0 Å². The minimum absolute atomic E-state index is 0.128. The summed E-state index contributed by atoms with van der Waals surface area (Å²) in [5.74, 6) is -1.24. The molecule has 0 atom stereocenters. The van der Waals surface area contributed by atoms with E-state index in [0.29, 0.717) is 12.2 Å². The number of Topliss-reactive ketones (excluding diaryl/α,β-unsaturated/α-hetero) is 2. The molecule has 0 aromatic rings. The molecule has 0 amide bonds. The van der Waals surface area contributed by atoms with Crippen molar-refractivity contribution in [3.05, 3.63) is 0 Å². The average molecular weight is 482 g/mol. The van der Waals surface area contributed by atoms with E-state index in [1.807, 2.05) is 27.7 Å². The third kappa shape index (κ3) is 39.9. The van der Waals surface area contributed by atoms with E-state index < -0.39 is 43.1 Å². The van der Waals surface area contributed by atoms with E-state index in [2.05, 4.69) is 0 Å². The van der Waals surface area contributed by atoms with Crippen molar-refractivity contribution in [2.24, 2.45) is 0 Å². The molecule has 0 bridgehead atoms. The molecule has 0 fully saturated rings. The van der Waals surface area contributed by atoms with Crippen LogP contribution < -0.4 is 0 Å². The van der Waals surface area contributed by atoms with Crippen molar-refractivity contribution in [3.63, 3.8) is 0 Å². The Bertz CT molecular complexity index is 495. The zero-order valence-electron chi connectivity index (χ0n) is 21.3. The monoisotopic (exact) mass is 482 g/mol. The summed E-state index contributed by atoms with van der Waals surface area (Å²) in [5, 5.41) is 0. The SMILES string of the molecule is CC(=O)CC(=O)OC(C)(C)C.CC(=O)CC(=O)OC(C)(C)C.CC(C)[O][Ti][O]C(C)C. The van der Waals surface area contributed by atoms with Gasteiger partial charge in [-0.05, 0) is 55.4 Å². The average Bonchev–Trinajstić information content (AvgIpc) is 2.41. The van der Waals surface area contributed by atoms with Gasteiger partial charge in [0.25, 0.3) is 0 Å². The topological polar surface area (TPSA) is 105 Å². The first-order chi connectivity index (χ1) is 13.7. The molecule has 182 valence electrons. The van der Waals surface area contributed by atoms with Crippen molar-refractivity contribution >= 4 is 23.5 Å². The van der Waals surface area contributed by atoms with E-state index in [0.717, 1.165) is 0 Å². The van der Waals surface area contributed by atoms with Crippen LogP contribution in [-0.4, -0.2) is 46.9 Å². The van der Waals surface area contributed by atoms with Crippen LogP contribution in [-0.2, 0) is 55.2 Å². The van der Waals surface area contributed by atoms with Gasteiger partial charge < -0.3 is 9.47 Å². The molecule has 0 saturated carbocycles. The molecule has 0 aliphatic rings. The Labute approximate surface area is 198 Å². The van der Waals surface area contributed by atoms with Crippen LogP contribution in [0.1, 0.15) is 95.9 Å². The predicted molar refractivity (Wildman–Crippen MR) is 115 cm³/mol. The van der Waals surface area contributed by atoms with Crippen LogP contribution in [0.5, 0.6) is 0 Å². The van der Waals surface area contributed by atoms with Crippen molar-refractivity contribution in [2.45, 2.75) is 119 Å². The maximum absolute atomic E-state index is 10.8. The van der Waals surface area contributed by atoms with Crippen LogP contribution >= 0.6 is 0 Å². The van der Waals surface area contributed by atoms with Crippen molar-refractivity contribution in [2.75, 3.05) is 0 Å². The number of ketones is 2. The van der Waals surface area contributed by atoms with Gasteiger partial charge in [0.2, 0.25) is 0 Å². The van der Waals surface area contributed by atoms with Gasteiger partial charge in [0, 0.05) is 0 Å². The molecule has 8 nitrogen and oxygen atoms in total. The van der Waals surface area contributed by atoms with Crippen molar-refractivity contribution in [1.82, 2.24) is 0 Å². The molecular formula is C22H42O8Ti. The fraction of sp³-hybridized carbons (Fsp3) is 0.818. The van der Waals surface area contributed by atoms with Crippen LogP contribution in [0.15, 0.2) is 0 Å². The molecule has 0 aromatic heterocycles. The molecule has 0 unspecified atom stereocenters. The molecule has 0 aliphatic carbocycles. The molecule has 0 aromatic carbocycles. The van der Waals surface area contributed by atoms with E-state index in [-0.39, 0.29) is 24.4 Å². The first-order valence-corrected chi connectivity index (χ1v) is 11.5. The molecule has 0 radical (unpaired) electrons. The molecular weight excluding hydrogens is 440 g/mol. The summed E-state index contributed by atoms with van der Waals surface area (Å²) in [5.41, 5.74) is -0.987. The van der Waals surface area contributed by atoms with Crippen LogP contribution in [0.3, 0.4) is 0 Å². The summed E-state index contributed by atoms with van der Waals surface area (Å²) < 4.78 is 20.3. The van der Waals surface area contributed by atoms with Crippen molar-refractivity contribution in [1.29, 1.82) is 0 Å². The van der Waals surface area contributed by atoms with Gasteiger partial charge in [-0.15, -0.1) is 0 Å². The van der Waals surface area contributed by atoms with Crippen molar-refractivity contribution in [3.8, 4) is 0 Å². The number of rotatable bonds is 8. The molecule has 0 rings (SSSR count). The molecule has 0 aliphatic heterocycles. The quantitative estimate of drug-likeness (QED) is 0.285. The normalized spacial score (nSPS) is 10.9. The molecule has 0 spiro atoms. The van der Waals surface area contributed by atoms with Gasteiger partial charge in [0.1, 0.15) is 35.6 Å². The Kier molecular flexibility index (Phi) is 19.5. The number of esters is 2. The van der Waals surface area contributed by atoms with Gasteiger partial charge in [-0.1, -0.05) is 0 Å². The molecule has 0 heterocycles. The number of carbonyl (C=O) groups is 4. The summed E-state index contributed by atoms with van der Waals surface area (Å²) in [6, 6.07) is 0. The Morgan fingerprint density at radius 1 is 0.645 bits per heavy atom. The second-order valence-corrected chi connectivity index (χ2v) is 10.3. The number of hydrogen-bond donors (Lipinski definition) is 0. The Morgan fingerprint density at radius 3 is 1.06 bits per heavy atom. The van der Waals surface area contributed by atoms with Gasteiger partial charge in [0.05, 0.1) is 0 Å². The first-order valence-electron chi connectivity index (χ1n) is 10.2. The van der Waals surface area contributed by atoms with Gasteiger partial charge in [-0.3, -0.25) is 19.2 Å². The van der Waals surface area contributed by atoms with Crippen molar-refractivity contribution < 1.29 is 55.2 Å². The summed E-state index contributed by atoms with van der Waals surface area (Å²) in [6.45, 7) is 21.4. The number of hydrogen-bond acceptors (Lipinski definition) is 8.